The van der Waals surface area contributed by atoms with Gasteiger partial charge in [-0.05, 0) is 57.8 Å². The first-order chi connectivity index (χ1) is 30.0. The van der Waals surface area contributed by atoms with Crippen LogP contribution >= 0.6 is 7.82 Å². The van der Waals surface area contributed by atoms with Crippen molar-refractivity contribution in [1.29, 1.82) is 0 Å². The summed E-state index contributed by atoms with van der Waals surface area (Å²) in [7, 11) is 1.23. The molecule has 0 aliphatic heterocycles. The van der Waals surface area contributed by atoms with Crippen LogP contribution in [0.15, 0.2) is 48.6 Å². The van der Waals surface area contributed by atoms with Gasteiger partial charge in [0.25, 0.3) is 7.82 Å². The largest absolute Gasteiger partial charge is 0.756 e. The van der Waals surface area contributed by atoms with E-state index in [2.05, 4.69) is 55.6 Å². The van der Waals surface area contributed by atoms with E-state index < -0.39 is 26.6 Å². The van der Waals surface area contributed by atoms with Gasteiger partial charge in [-0.1, -0.05) is 217 Å². The highest BCUT2D eigenvalue weighted by molar-refractivity contribution is 7.45. The number of carbonyl (C=O) groups excluding carboxylic acids is 1. The molecule has 2 N–H and O–H groups in total. The Morgan fingerprint density at radius 2 is 0.984 bits per heavy atom. The molecule has 0 bridgehead atoms. The number of hydrogen-bond donors (Lipinski definition) is 2. The smallest absolute Gasteiger partial charge is 0.268 e. The van der Waals surface area contributed by atoms with Crippen molar-refractivity contribution < 1.29 is 32.9 Å². The van der Waals surface area contributed by atoms with Crippen molar-refractivity contribution >= 4 is 13.7 Å². The van der Waals surface area contributed by atoms with Crippen LogP contribution in [0.5, 0.6) is 0 Å². The Morgan fingerprint density at radius 3 is 1.47 bits per heavy atom. The summed E-state index contributed by atoms with van der Waals surface area (Å²) in [6.07, 6.45) is 57.6. The number of unbranched alkanes of at least 4 members (excludes halogenated alkanes) is 28. The number of carbonyl (C=O) groups is 1. The maximum Gasteiger partial charge on any atom is 0.268 e. The third-order valence-electron chi connectivity index (χ3n) is 11.5. The van der Waals surface area contributed by atoms with Gasteiger partial charge in [0.05, 0.1) is 39.9 Å². The predicted molar refractivity (Wildman–Crippen MR) is 265 cm³/mol. The molecule has 0 spiro atoms. The minimum Gasteiger partial charge on any atom is -0.756 e. The monoisotopic (exact) mass is 893 g/mol. The Balaban J connectivity index is 4.25. The summed E-state index contributed by atoms with van der Waals surface area (Å²) in [5.74, 6) is -0.222. The highest BCUT2D eigenvalue weighted by Gasteiger charge is 2.23. The van der Waals surface area contributed by atoms with Gasteiger partial charge in [0.15, 0.2) is 0 Å². The lowest BCUT2D eigenvalue weighted by Gasteiger charge is -2.29. The Bertz CT molecular complexity index is 1150. The number of phosphoric ester groups is 1. The van der Waals surface area contributed by atoms with Crippen LogP contribution in [0.2, 0.25) is 0 Å². The summed E-state index contributed by atoms with van der Waals surface area (Å²) in [4.78, 5) is 25.3. The summed E-state index contributed by atoms with van der Waals surface area (Å²) in [6, 6.07) is -0.911. The number of nitrogens with zero attached hydrogens (tertiary/aromatic N) is 1. The van der Waals surface area contributed by atoms with E-state index in [0.717, 1.165) is 70.6 Å². The van der Waals surface area contributed by atoms with Gasteiger partial charge < -0.3 is 28.8 Å². The number of hydrogen-bond acceptors (Lipinski definition) is 6. The van der Waals surface area contributed by atoms with E-state index in [1.165, 1.54) is 141 Å². The van der Waals surface area contributed by atoms with Gasteiger partial charge >= 0.3 is 0 Å². The molecule has 0 aromatic carbocycles. The van der Waals surface area contributed by atoms with Crippen molar-refractivity contribution in [3.8, 4) is 0 Å². The molecule has 3 unspecified atom stereocenters. The first kappa shape index (κ1) is 60.5. The summed E-state index contributed by atoms with van der Waals surface area (Å²) in [5.41, 5.74) is 0. The van der Waals surface area contributed by atoms with Crippen LogP contribution in [0.25, 0.3) is 0 Å². The molecule has 0 heterocycles. The zero-order valence-electron chi connectivity index (χ0n) is 41.3. The standard InChI is InChI=1S/C53H101N2O6P/c1-6-8-10-12-14-16-18-20-21-22-23-24-25-26-27-28-29-30-31-32-33-35-36-38-40-42-44-46-52(56)51(50-61-62(58,59)60-49-48-55(3,4)5)54-53(57)47-45-43-41-39-37-34-19-17-15-13-11-9-7-2/h11,13,17,19,36,38,44,46,51-52,56H,6-10,12,14-16,18,20-35,37,39-43,45,47-50H2,1-5H3,(H-,54,57,58,59)/b13-11-,19-17-,38-36+,46-44+. The highest BCUT2D eigenvalue weighted by atomic mass is 31.2. The minimum absolute atomic E-state index is 0.0103. The molecule has 0 saturated heterocycles. The van der Waals surface area contributed by atoms with Gasteiger partial charge in [0.1, 0.15) is 13.2 Å². The van der Waals surface area contributed by atoms with Gasteiger partial charge in [-0.2, -0.15) is 0 Å². The van der Waals surface area contributed by atoms with Crippen LogP contribution in [-0.4, -0.2) is 68.5 Å². The van der Waals surface area contributed by atoms with Crippen molar-refractivity contribution in [3.63, 3.8) is 0 Å². The van der Waals surface area contributed by atoms with E-state index in [4.69, 9.17) is 9.05 Å². The van der Waals surface area contributed by atoms with Crippen molar-refractivity contribution in [2.45, 2.75) is 244 Å². The summed E-state index contributed by atoms with van der Waals surface area (Å²) >= 11 is 0. The molecule has 364 valence electrons. The van der Waals surface area contributed by atoms with Crippen molar-refractivity contribution in [2.24, 2.45) is 0 Å². The van der Waals surface area contributed by atoms with E-state index in [1.54, 1.807) is 6.08 Å². The van der Waals surface area contributed by atoms with Crippen LogP contribution in [0.4, 0.5) is 0 Å². The average molecular weight is 893 g/mol. The van der Waals surface area contributed by atoms with E-state index >= 15 is 0 Å². The molecule has 9 heteroatoms. The molecule has 0 aliphatic rings. The van der Waals surface area contributed by atoms with Crippen molar-refractivity contribution in [1.82, 2.24) is 5.32 Å². The SMILES string of the molecule is CCC/C=C\C/C=C\CCCCCCCC(=O)NC(COP(=O)([O-])OCC[N+](C)(C)C)C(O)/C=C/CC/C=C/CCCCCCCCCCCCCCCCCCCCCCC. The van der Waals surface area contributed by atoms with Crippen LogP contribution in [-0.2, 0) is 18.4 Å². The maximum atomic E-state index is 12.9. The molecule has 62 heavy (non-hydrogen) atoms. The van der Waals surface area contributed by atoms with Crippen LogP contribution in [0.1, 0.15) is 232 Å². The number of phosphoric acid groups is 1. The number of aliphatic hydroxyl groups excluding tert-OH is 1. The molecule has 0 rings (SSSR count). The Labute approximate surface area is 384 Å². The van der Waals surface area contributed by atoms with Gasteiger partial charge in [-0.25, -0.2) is 0 Å². The maximum absolute atomic E-state index is 12.9. The third kappa shape index (κ3) is 46.5. The molecule has 0 aliphatic carbocycles. The number of amides is 1. The lowest BCUT2D eigenvalue weighted by Crippen LogP contribution is -2.45. The molecule has 1 amide bonds. The Kier molecular flexibility index (Phi) is 43.5. The second-order valence-corrected chi connectivity index (χ2v) is 20.3. The average Bonchev–Trinajstić information content (AvgIpc) is 3.23. The molecule has 0 saturated carbocycles. The zero-order chi connectivity index (χ0) is 45.7. The lowest BCUT2D eigenvalue weighted by molar-refractivity contribution is -0.870. The van der Waals surface area contributed by atoms with Crippen molar-refractivity contribution in [2.75, 3.05) is 40.9 Å². The van der Waals surface area contributed by atoms with E-state index in [-0.39, 0.29) is 12.5 Å². The van der Waals surface area contributed by atoms with Gasteiger partial charge in [-0.3, -0.25) is 9.36 Å². The van der Waals surface area contributed by atoms with E-state index in [9.17, 15) is 19.4 Å². The lowest BCUT2D eigenvalue weighted by atomic mass is 10.0. The van der Waals surface area contributed by atoms with Gasteiger partial charge in [0.2, 0.25) is 5.91 Å². The minimum atomic E-state index is -4.60. The van der Waals surface area contributed by atoms with Gasteiger partial charge in [0, 0.05) is 6.42 Å². The molecular formula is C53H101N2O6P. The van der Waals surface area contributed by atoms with Crippen LogP contribution in [0.3, 0.4) is 0 Å². The number of allylic oxidation sites excluding steroid dienone is 7. The molecule has 0 aromatic heterocycles. The zero-order valence-corrected chi connectivity index (χ0v) is 42.2. The molecule has 3 atom stereocenters. The number of nitrogens with one attached hydrogen (secondary N) is 1. The Morgan fingerprint density at radius 1 is 0.565 bits per heavy atom. The van der Waals surface area contributed by atoms with Crippen LogP contribution < -0.4 is 10.2 Å². The molecular weight excluding hydrogens is 792 g/mol. The first-order valence-corrected chi connectivity index (χ1v) is 27.5. The topological polar surface area (TPSA) is 108 Å². The number of rotatable bonds is 47. The summed E-state index contributed by atoms with van der Waals surface area (Å²) < 4.78 is 23.2. The normalized spacial score (nSPS) is 14.5. The number of likely N-dealkylation sites (N-methyl/N-ethyl adjacent to an activating group) is 1. The molecule has 0 fully saturated rings. The fraction of sp³-hybridized carbons (Fsp3) is 0.830. The molecule has 0 aromatic rings. The fourth-order valence-corrected chi connectivity index (χ4v) is 8.11. The number of quaternary nitrogens is 1. The van der Waals surface area contributed by atoms with Gasteiger partial charge in [-0.15, -0.1) is 0 Å². The second-order valence-electron chi connectivity index (χ2n) is 18.9. The first-order valence-electron chi connectivity index (χ1n) is 26.0. The quantitative estimate of drug-likeness (QED) is 0.0273. The van der Waals surface area contributed by atoms with E-state index in [1.807, 2.05) is 27.2 Å². The number of aliphatic hydroxyl groups is 1. The fourth-order valence-electron chi connectivity index (χ4n) is 7.38. The van der Waals surface area contributed by atoms with E-state index in [0.29, 0.717) is 17.4 Å². The highest BCUT2D eigenvalue weighted by Crippen LogP contribution is 2.38. The molecule has 0 radical (unpaired) electrons. The second kappa shape index (κ2) is 44.7. The Hall–Kier alpha value is -1.54. The molecule has 8 nitrogen and oxygen atoms in total. The third-order valence-corrected chi connectivity index (χ3v) is 12.5. The summed E-state index contributed by atoms with van der Waals surface area (Å²) in [6.45, 7) is 4.56. The van der Waals surface area contributed by atoms with Crippen LogP contribution in [0, 0.1) is 0 Å². The predicted octanol–water partition coefficient (Wildman–Crippen LogP) is 14.6. The van der Waals surface area contributed by atoms with Crippen molar-refractivity contribution in [3.05, 3.63) is 48.6 Å². The summed E-state index contributed by atoms with van der Waals surface area (Å²) in [5, 5.41) is 13.8.